The van der Waals surface area contributed by atoms with Crippen molar-refractivity contribution in [2.75, 3.05) is 30.9 Å². The zero-order valence-corrected chi connectivity index (χ0v) is 7.54. The Morgan fingerprint density at radius 1 is 1.30 bits per heavy atom. The van der Waals surface area contributed by atoms with Gasteiger partial charge in [-0.25, -0.2) is 12.7 Å². The summed E-state index contributed by atoms with van der Waals surface area (Å²) < 4.78 is 23.8. The normalized spacial score (nSPS) is 26.5. The fourth-order valence-electron chi connectivity index (χ4n) is 0.878. The largest absolute Gasteiger partial charge is 0.249 e. The van der Waals surface area contributed by atoms with E-state index in [4.69, 9.17) is 0 Å². The summed E-state index contributed by atoms with van der Waals surface area (Å²) in [5.74, 6) is 0.654. The topological polar surface area (TPSA) is 37.4 Å². The maximum Gasteiger partial charge on any atom is 0.152 e. The van der Waals surface area contributed by atoms with Crippen LogP contribution in [0.5, 0.6) is 0 Å². The number of hydrogen-bond donors (Lipinski definition) is 0. The second-order valence-corrected chi connectivity index (χ2v) is 5.45. The van der Waals surface area contributed by atoms with E-state index in [2.05, 4.69) is 4.31 Å². The summed E-state index contributed by atoms with van der Waals surface area (Å²) in [5, 5.41) is 0. The predicted octanol–water partition coefficient (Wildman–Crippen LogP) is -0.00520. The van der Waals surface area contributed by atoms with Gasteiger partial charge >= 0.3 is 0 Å². The highest BCUT2D eigenvalue weighted by Crippen LogP contribution is 2.10. The zero-order chi connectivity index (χ0) is 7.61. The van der Waals surface area contributed by atoms with Gasteiger partial charge in [0.25, 0.3) is 0 Å². The van der Waals surface area contributed by atoms with E-state index in [1.165, 1.54) is 0 Å². The molecule has 0 aromatic rings. The number of rotatable bonds is 1. The monoisotopic (exact) mass is 181 g/mol. The molecule has 5 heteroatoms. The van der Waals surface area contributed by atoms with Gasteiger partial charge in [-0.2, -0.15) is 0 Å². The molecule has 60 valence electrons. The predicted molar refractivity (Wildman–Crippen MR) is 43.7 cm³/mol. The molecule has 0 aliphatic carbocycles. The minimum Gasteiger partial charge on any atom is -0.249 e. The number of hydrogen-bond acceptors (Lipinski definition) is 4. The molecular formula is C5H11NO2S2. The molecule has 1 heterocycles. The molecule has 0 radical (unpaired) electrons. The molecule has 0 amide bonds. The maximum atomic E-state index is 10.9. The maximum absolute atomic E-state index is 10.9. The highest BCUT2D eigenvalue weighted by molar-refractivity contribution is 7.96. The summed E-state index contributed by atoms with van der Waals surface area (Å²) in [6.45, 7) is 1.37. The molecular weight excluding hydrogens is 170 g/mol. The highest BCUT2D eigenvalue weighted by Gasteiger charge is 2.20. The van der Waals surface area contributed by atoms with Gasteiger partial charge in [0.15, 0.2) is 9.84 Å². The Morgan fingerprint density at radius 3 is 2.20 bits per heavy atom. The van der Waals surface area contributed by atoms with Gasteiger partial charge in [0.2, 0.25) is 0 Å². The second kappa shape index (κ2) is 3.11. The van der Waals surface area contributed by atoms with E-state index in [0.717, 1.165) is 0 Å². The lowest BCUT2D eigenvalue weighted by Crippen LogP contribution is -2.35. The van der Waals surface area contributed by atoms with E-state index in [0.29, 0.717) is 24.6 Å². The van der Waals surface area contributed by atoms with Crippen LogP contribution in [0.1, 0.15) is 0 Å². The van der Waals surface area contributed by atoms with Crippen LogP contribution in [-0.2, 0) is 9.84 Å². The first-order chi connectivity index (χ1) is 4.64. The van der Waals surface area contributed by atoms with Gasteiger partial charge in [-0.3, -0.25) is 0 Å². The minimum atomic E-state index is -2.68. The zero-order valence-electron chi connectivity index (χ0n) is 5.91. The summed E-state index contributed by atoms with van der Waals surface area (Å²) in [7, 11) is -2.68. The Morgan fingerprint density at radius 2 is 1.80 bits per heavy atom. The average molecular weight is 181 g/mol. The third-order valence-corrected chi connectivity index (χ3v) is 4.05. The van der Waals surface area contributed by atoms with Gasteiger partial charge in [-0.05, 0) is 6.26 Å². The third kappa shape index (κ3) is 2.14. The number of sulfone groups is 1. The fraction of sp³-hybridized carbons (Fsp3) is 1.00. The van der Waals surface area contributed by atoms with Crippen LogP contribution in [0.3, 0.4) is 0 Å². The van der Waals surface area contributed by atoms with Crippen LogP contribution in [0.4, 0.5) is 0 Å². The lowest BCUT2D eigenvalue weighted by molar-refractivity contribution is 0.491. The molecule has 1 fully saturated rings. The van der Waals surface area contributed by atoms with Gasteiger partial charge in [0, 0.05) is 13.1 Å². The van der Waals surface area contributed by atoms with Crippen LogP contribution in [0.15, 0.2) is 0 Å². The van der Waals surface area contributed by atoms with Crippen LogP contribution in [0.25, 0.3) is 0 Å². The summed E-state index contributed by atoms with van der Waals surface area (Å²) in [5.41, 5.74) is 0. The van der Waals surface area contributed by atoms with Crippen molar-refractivity contribution in [1.82, 2.24) is 4.31 Å². The summed E-state index contributed by atoms with van der Waals surface area (Å²) >= 11 is 1.62. The molecule has 0 bridgehead atoms. The van der Waals surface area contributed by atoms with Gasteiger partial charge in [0.1, 0.15) is 0 Å². The van der Waals surface area contributed by atoms with E-state index in [1.807, 2.05) is 6.26 Å². The van der Waals surface area contributed by atoms with E-state index >= 15 is 0 Å². The first-order valence-electron chi connectivity index (χ1n) is 3.13. The van der Waals surface area contributed by atoms with Crippen LogP contribution < -0.4 is 0 Å². The van der Waals surface area contributed by atoms with Crippen LogP contribution in [-0.4, -0.2) is 43.6 Å². The molecule has 1 rings (SSSR count). The lowest BCUT2D eigenvalue weighted by atomic mass is 10.6. The molecule has 0 N–H and O–H groups in total. The van der Waals surface area contributed by atoms with Gasteiger partial charge in [-0.1, -0.05) is 11.9 Å². The molecule has 0 saturated carbocycles. The van der Waals surface area contributed by atoms with E-state index < -0.39 is 9.84 Å². The Kier molecular flexibility index (Phi) is 2.60. The lowest BCUT2D eigenvalue weighted by Gasteiger charge is -2.23. The Bertz CT molecular complexity index is 186. The van der Waals surface area contributed by atoms with E-state index in [9.17, 15) is 8.42 Å². The van der Waals surface area contributed by atoms with Gasteiger partial charge in [-0.15, -0.1) is 0 Å². The molecule has 0 aromatic carbocycles. The van der Waals surface area contributed by atoms with Crippen molar-refractivity contribution < 1.29 is 8.42 Å². The quantitative estimate of drug-likeness (QED) is 0.533. The molecule has 0 atom stereocenters. The minimum absolute atomic E-state index is 0.327. The Labute approximate surface area is 65.8 Å². The summed E-state index contributed by atoms with van der Waals surface area (Å²) in [6.07, 6.45) is 1.97. The van der Waals surface area contributed by atoms with Crippen molar-refractivity contribution in [3.05, 3.63) is 0 Å². The van der Waals surface area contributed by atoms with E-state index in [1.54, 1.807) is 11.9 Å². The molecule has 0 aromatic heterocycles. The second-order valence-electron chi connectivity index (χ2n) is 2.26. The van der Waals surface area contributed by atoms with Crippen molar-refractivity contribution in [1.29, 1.82) is 0 Å². The molecule has 1 saturated heterocycles. The molecule has 10 heavy (non-hydrogen) atoms. The van der Waals surface area contributed by atoms with Gasteiger partial charge < -0.3 is 0 Å². The van der Waals surface area contributed by atoms with Crippen molar-refractivity contribution >= 4 is 21.8 Å². The average Bonchev–Trinajstić information content (AvgIpc) is 1.88. The first kappa shape index (κ1) is 8.36. The first-order valence-corrected chi connectivity index (χ1v) is 6.14. The smallest absolute Gasteiger partial charge is 0.152 e. The van der Waals surface area contributed by atoms with Crippen molar-refractivity contribution in [3.63, 3.8) is 0 Å². The molecule has 1 aliphatic heterocycles. The molecule has 1 aliphatic rings. The standard InChI is InChI=1S/C5H11NO2S2/c1-9-6-2-4-10(7,8)5-3-6/h2-5H2,1H3. The fourth-order valence-corrected chi connectivity index (χ4v) is 2.86. The van der Waals surface area contributed by atoms with Gasteiger partial charge in [0.05, 0.1) is 11.5 Å². The third-order valence-electron chi connectivity index (χ3n) is 1.56. The van der Waals surface area contributed by atoms with Crippen LogP contribution >= 0.6 is 11.9 Å². The van der Waals surface area contributed by atoms with Crippen LogP contribution in [0, 0.1) is 0 Å². The van der Waals surface area contributed by atoms with E-state index in [-0.39, 0.29) is 0 Å². The van der Waals surface area contributed by atoms with Crippen LogP contribution in [0.2, 0.25) is 0 Å². The summed E-state index contributed by atoms with van der Waals surface area (Å²) in [4.78, 5) is 0. The SMILES string of the molecule is CSN1CCS(=O)(=O)CC1. The van der Waals surface area contributed by atoms with Crippen molar-refractivity contribution in [2.45, 2.75) is 0 Å². The summed E-state index contributed by atoms with van der Waals surface area (Å²) in [6, 6.07) is 0. The number of nitrogens with zero attached hydrogens (tertiary/aromatic N) is 1. The Balaban J connectivity index is 2.46. The molecule has 3 nitrogen and oxygen atoms in total. The molecule has 0 unspecified atom stereocenters. The highest BCUT2D eigenvalue weighted by atomic mass is 32.2. The van der Waals surface area contributed by atoms with Crippen molar-refractivity contribution in [3.8, 4) is 0 Å². The Hall–Kier alpha value is 0.260. The molecule has 0 spiro atoms. The van der Waals surface area contributed by atoms with Crippen molar-refractivity contribution in [2.24, 2.45) is 0 Å².